The molecular weight excluding hydrogens is 321 g/mol. The van der Waals surface area contributed by atoms with Crippen molar-refractivity contribution in [1.82, 2.24) is 9.97 Å². The summed E-state index contributed by atoms with van der Waals surface area (Å²) in [5.41, 5.74) is 4.02. The largest absolute Gasteiger partial charge is 0.353 e. The maximum Gasteiger partial charge on any atom is 0.125 e. The fraction of sp³-hybridized carbons (Fsp3) is 0.0667. The predicted molar refractivity (Wildman–Crippen MR) is 81.7 cm³/mol. The van der Waals surface area contributed by atoms with Crippen LogP contribution in [0.2, 0.25) is 0 Å². The Morgan fingerprint density at radius 3 is 2.80 bits per heavy atom. The number of hydrogen-bond donors (Lipinski definition) is 1. The molecule has 2 heterocycles. The van der Waals surface area contributed by atoms with E-state index in [1.54, 1.807) is 18.5 Å². The van der Waals surface area contributed by atoms with Gasteiger partial charge in [-0.2, -0.15) is 0 Å². The summed E-state index contributed by atoms with van der Waals surface area (Å²) in [4.78, 5) is 8.64. The van der Waals surface area contributed by atoms with Crippen molar-refractivity contribution < 1.29 is 4.39 Å². The van der Waals surface area contributed by atoms with Crippen molar-refractivity contribution in [2.24, 2.45) is 0 Å². The molecule has 1 N–H and O–H groups in total. The summed E-state index contributed by atoms with van der Waals surface area (Å²) in [6.45, 7) is 1.93. The van der Waals surface area contributed by atoms with Gasteiger partial charge in [-0.3, -0.25) is 9.97 Å². The molecule has 2 aromatic heterocycles. The van der Waals surface area contributed by atoms with E-state index >= 15 is 0 Å². The SMILES string of the molecule is Cc1ccc(F)cc1Nc1ccnc2cc(Br)cnc12. The number of rotatable bonds is 2. The highest BCUT2D eigenvalue weighted by molar-refractivity contribution is 9.10. The fourth-order valence-electron chi connectivity index (χ4n) is 1.98. The van der Waals surface area contributed by atoms with E-state index in [4.69, 9.17) is 0 Å². The molecule has 0 atom stereocenters. The van der Waals surface area contributed by atoms with Gasteiger partial charge in [-0.25, -0.2) is 4.39 Å². The van der Waals surface area contributed by atoms with Crippen molar-refractivity contribution in [3.63, 3.8) is 0 Å². The number of halogens is 2. The van der Waals surface area contributed by atoms with E-state index in [1.807, 2.05) is 19.1 Å². The standard InChI is InChI=1S/C15H11BrFN3/c1-9-2-3-11(17)7-13(9)20-12-4-5-18-14-6-10(16)8-19-15(12)14/h2-8H,1H3,(H,18,20). The highest BCUT2D eigenvalue weighted by Crippen LogP contribution is 2.27. The first-order valence-corrected chi connectivity index (χ1v) is 6.86. The molecule has 3 rings (SSSR count). The second kappa shape index (κ2) is 5.17. The van der Waals surface area contributed by atoms with Gasteiger partial charge < -0.3 is 5.32 Å². The zero-order chi connectivity index (χ0) is 14.1. The Kier molecular flexibility index (Phi) is 3.36. The maximum atomic E-state index is 13.3. The first-order valence-electron chi connectivity index (χ1n) is 6.07. The van der Waals surface area contributed by atoms with E-state index < -0.39 is 0 Å². The molecule has 0 spiro atoms. The Hall–Kier alpha value is -2.01. The summed E-state index contributed by atoms with van der Waals surface area (Å²) in [7, 11) is 0. The molecule has 0 fully saturated rings. The summed E-state index contributed by atoms with van der Waals surface area (Å²) in [6, 6.07) is 8.38. The van der Waals surface area contributed by atoms with Crippen molar-refractivity contribution in [3.8, 4) is 0 Å². The van der Waals surface area contributed by atoms with Crippen LogP contribution in [0.5, 0.6) is 0 Å². The summed E-state index contributed by atoms with van der Waals surface area (Å²) in [6.07, 6.45) is 3.42. The third-order valence-corrected chi connectivity index (χ3v) is 3.45. The van der Waals surface area contributed by atoms with Crippen molar-refractivity contribution in [3.05, 3.63) is 58.6 Å². The van der Waals surface area contributed by atoms with Gasteiger partial charge in [-0.1, -0.05) is 6.07 Å². The van der Waals surface area contributed by atoms with Gasteiger partial charge in [0.2, 0.25) is 0 Å². The number of pyridine rings is 2. The second-order valence-corrected chi connectivity index (χ2v) is 5.38. The van der Waals surface area contributed by atoms with Gasteiger partial charge in [0.15, 0.2) is 0 Å². The first-order chi connectivity index (χ1) is 9.63. The lowest BCUT2D eigenvalue weighted by Gasteiger charge is -2.11. The van der Waals surface area contributed by atoms with Crippen LogP contribution in [-0.4, -0.2) is 9.97 Å². The van der Waals surface area contributed by atoms with Crippen LogP contribution in [0.25, 0.3) is 11.0 Å². The van der Waals surface area contributed by atoms with E-state index in [0.717, 1.165) is 32.4 Å². The minimum Gasteiger partial charge on any atom is -0.353 e. The van der Waals surface area contributed by atoms with Gasteiger partial charge in [-0.05, 0) is 52.7 Å². The van der Waals surface area contributed by atoms with Crippen LogP contribution in [-0.2, 0) is 0 Å². The average molecular weight is 332 g/mol. The lowest BCUT2D eigenvalue weighted by Crippen LogP contribution is -1.97. The number of aryl methyl sites for hydroxylation is 1. The molecule has 0 saturated heterocycles. The molecule has 0 aliphatic rings. The van der Waals surface area contributed by atoms with Crippen LogP contribution >= 0.6 is 15.9 Å². The molecule has 0 unspecified atom stereocenters. The first kappa shape index (κ1) is 13.0. The number of nitrogens with zero attached hydrogens (tertiary/aromatic N) is 2. The Labute approximate surface area is 124 Å². The molecule has 3 aromatic rings. The fourth-order valence-corrected chi connectivity index (χ4v) is 2.30. The van der Waals surface area contributed by atoms with Gasteiger partial charge in [0, 0.05) is 22.6 Å². The van der Waals surface area contributed by atoms with E-state index in [0.29, 0.717) is 0 Å². The quantitative estimate of drug-likeness (QED) is 0.746. The zero-order valence-corrected chi connectivity index (χ0v) is 12.3. The third-order valence-electron chi connectivity index (χ3n) is 3.01. The Morgan fingerprint density at radius 2 is 1.95 bits per heavy atom. The topological polar surface area (TPSA) is 37.8 Å². The summed E-state index contributed by atoms with van der Waals surface area (Å²) in [5, 5.41) is 3.22. The minimum absolute atomic E-state index is 0.271. The van der Waals surface area contributed by atoms with Gasteiger partial charge in [0.25, 0.3) is 0 Å². The number of aromatic nitrogens is 2. The maximum absolute atomic E-state index is 13.3. The lowest BCUT2D eigenvalue weighted by molar-refractivity contribution is 0.628. The van der Waals surface area contributed by atoms with Crippen molar-refractivity contribution in [1.29, 1.82) is 0 Å². The van der Waals surface area contributed by atoms with Crippen molar-refractivity contribution >= 4 is 38.3 Å². The lowest BCUT2D eigenvalue weighted by atomic mass is 10.2. The van der Waals surface area contributed by atoms with Crippen LogP contribution in [0, 0.1) is 12.7 Å². The zero-order valence-electron chi connectivity index (χ0n) is 10.7. The van der Waals surface area contributed by atoms with Gasteiger partial charge in [-0.15, -0.1) is 0 Å². The molecule has 0 amide bonds. The Balaban J connectivity index is 2.09. The van der Waals surface area contributed by atoms with E-state index in [1.165, 1.54) is 12.1 Å². The van der Waals surface area contributed by atoms with Gasteiger partial charge in [0.05, 0.1) is 11.2 Å². The highest BCUT2D eigenvalue weighted by atomic mass is 79.9. The van der Waals surface area contributed by atoms with Crippen LogP contribution in [0.3, 0.4) is 0 Å². The molecule has 0 aliphatic carbocycles. The highest BCUT2D eigenvalue weighted by Gasteiger charge is 2.06. The monoisotopic (exact) mass is 331 g/mol. The Bertz CT molecular complexity index is 789. The number of benzene rings is 1. The number of nitrogens with one attached hydrogen (secondary N) is 1. The van der Waals surface area contributed by atoms with Crippen molar-refractivity contribution in [2.75, 3.05) is 5.32 Å². The van der Waals surface area contributed by atoms with Crippen LogP contribution < -0.4 is 5.32 Å². The van der Waals surface area contributed by atoms with Gasteiger partial charge >= 0.3 is 0 Å². The van der Waals surface area contributed by atoms with E-state index in [2.05, 4.69) is 31.2 Å². The molecular formula is C15H11BrFN3. The third kappa shape index (κ3) is 2.49. The smallest absolute Gasteiger partial charge is 0.125 e. The van der Waals surface area contributed by atoms with Gasteiger partial charge in [0.1, 0.15) is 11.3 Å². The molecule has 0 aliphatic heterocycles. The van der Waals surface area contributed by atoms with Crippen molar-refractivity contribution in [2.45, 2.75) is 6.92 Å². The normalized spacial score (nSPS) is 10.8. The molecule has 100 valence electrons. The van der Waals surface area contributed by atoms with E-state index in [-0.39, 0.29) is 5.82 Å². The average Bonchev–Trinajstić information content (AvgIpc) is 2.43. The summed E-state index contributed by atoms with van der Waals surface area (Å²) in [5.74, 6) is -0.271. The summed E-state index contributed by atoms with van der Waals surface area (Å²) >= 11 is 3.37. The van der Waals surface area contributed by atoms with Crippen LogP contribution in [0.4, 0.5) is 15.8 Å². The van der Waals surface area contributed by atoms with E-state index in [9.17, 15) is 4.39 Å². The molecule has 0 bridgehead atoms. The second-order valence-electron chi connectivity index (χ2n) is 4.46. The summed E-state index contributed by atoms with van der Waals surface area (Å²) < 4.78 is 14.2. The molecule has 1 aromatic carbocycles. The Morgan fingerprint density at radius 1 is 1.10 bits per heavy atom. The molecule has 5 heteroatoms. The number of fused-ring (bicyclic) bond motifs is 1. The van der Waals surface area contributed by atoms with Crippen LogP contribution in [0.15, 0.2) is 47.2 Å². The molecule has 20 heavy (non-hydrogen) atoms. The molecule has 0 radical (unpaired) electrons. The minimum atomic E-state index is -0.271. The molecule has 3 nitrogen and oxygen atoms in total. The van der Waals surface area contributed by atoms with Crippen LogP contribution in [0.1, 0.15) is 5.56 Å². The number of anilines is 2. The predicted octanol–water partition coefficient (Wildman–Crippen LogP) is 4.58. The molecule has 0 saturated carbocycles. The number of hydrogen-bond acceptors (Lipinski definition) is 3.